The van der Waals surface area contributed by atoms with Crippen molar-refractivity contribution in [2.24, 2.45) is 0 Å². The molecule has 0 unspecified atom stereocenters. The number of carboxylic acids is 1. The van der Waals surface area contributed by atoms with Crippen LogP contribution in [0, 0.1) is 11.6 Å². The number of nitrogens with one attached hydrogen (secondary N) is 1. The quantitative estimate of drug-likeness (QED) is 0.827. The fourth-order valence-corrected chi connectivity index (χ4v) is 1.70. The highest BCUT2D eigenvalue weighted by molar-refractivity contribution is 5.93. The van der Waals surface area contributed by atoms with Crippen molar-refractivity contribution in [2.45, 2.75) is 6.43 Å². The Labute approximate surface area is 102 Å². The summed E-state index contributed by atoms with van der Waals surface area (Å²) >= 11 is 0. The van der Waals surface area contributed by atoms with Crippen LogP contribution in [-0.2, 0) is 0 Å². The number of hydrogen-bond acceptors (Lipinski definition) is 2. The fourth-order valence-electron chi connectivity index (χ4n) is 1.70. The van der Waals surface area contributed by atoms with Gasteiger partial charge in [-0.05, 0) is 6.07 Å². The van der Waals surface area contributed by atoms with Crippen LogP contribution in [0.5, 0.6) is 0 Å². The zero-order valence-electron chi connectivity index (χ0n) is 9.01. The number of alkyl halides is 2. The van der Waals surface area contributed by atoms with Gasteiger partial charge in [0.2, 0.25) is 5.43 Å². The van der Waals surface area contributed by atoms with Crippen molar-refractivity contribution in [3.8, 4) is 0 Å². The number of carboxylic acid groups (broad SMARTS) is 1. The molecule has 0 amide bonds. The smallest absolute Gasteiger partial charge is 0.341 e. The lowest BCUT2D eigenvalue weighted by Crippen LogP contribution is -2.16. The van der Waals surface area contributed by atoms with E-state index in [0.29, 0.717) is 12.3 Å². The summed E-state index contributed by atoms with van der Waals surface area (Å²) in [5.41, 5.74) is -3.84. The van der Waals surface area contributed by atoms with Gasteiger partial charge in [0, 0.05) is 11.6 Å². The van der Waals surface area contributed by atoms with Gasteiger partial charge in [0.25, 0.3) is 6.43 Å². The van der Waals surface area contributed by atoms with Crippen LogP contribution in [-0.4, -0.2) is 16.1 Å². The number of H-pyrrole nitrogens is 1. The Morgan fingerprint density at radius 3 is 2.47 bits per heavy atom. The first-order valence-electron chi connectivity index (χ1n) is 4.89. The fraction of sp³-hybridized carbons (Fsp3) is 0.0909. The van der Waals surface area contributed by atoms with Crippen LogP contribution in [0.25, 0.3) is 10.9 Å². The third kappa shape index (κ3) is 1.94. The highest BCUT2D eigenvalue weighted by atomic mass is 19.3. The van der Waals surface area contributed by atoms with Crippen LogP contribution < -0.4 is 5.43 Å². The normalized spacial score (nSPS) is 11.2. The average molecular weight is 275 g/mol. The maximum absolute atomic E-state index is 13.3. The summed E-state index contributed by atoms with van der Waals surface area (Å²) in [4.78, 5) is 24.5. The number of halogens is 4. The van der Waals surface area contributed by atoms with E-state index in [-0.39, 0.29) is 0 Å². The van der Waals surface area contributed by atoms with Crippen molar-refractivity contribution in [1.29, 1.82) is 0 Å². The second-order valence-electron chi connectivity index (χ2n) is 3.65. The molecule has 0 fully saturated rings. The number of fused-ring (bicyclic) bond motifs is 1. The standard InChI is InChI=1S/C11H5F4NO3/c12-5-1-3-8(6(7(5)13)10(14)15)16-2-4(9(3)17)11(18)19/h1-2,10H,(H,16,17)(H,18,19). The highest BCUT2D eigenvalue weighted by Gasteiger charge is 2.24. The molecule has 1 aromatic carbocycles. The van der Waals surface area contributed by atoms with Crippen LogP contribution in [0.1, 0.15) is 22.3 Å². The summed E-state index contributed by atoms with van der Waals surface area (Å²) in [6.45, 7) is 0. The highest BCUT2D eigenvalue weighted by Crippen LogP contribution is 2.29. The SMILES string of the molecule is O=C(O)c1c[nH]c2c(C(F)F)c(F)c(F)cc2c1=O. The van der Waals surface area contributed by atoms with E-state index in [9.17, 15) is 27.2 Å². The molecule has 1 heterocycles. The van der Waals surface area contributed by atoms with E-state index in [0.717, 1.165) is 0 Å². The number of pyridine rings is 1. The number of carbonyl (C=O) groups is 1. The van der Waals surface area contributed by atoms with E-state index in [1.165, 1.54) is 0 Å². The molecule has 2 rings (SSSR count). The Kier molecular flexibility index (Phi) is 3.01. The third-order valence-electron chi connectivity index (χ3n) is 2.55. The molecule has 19 heavy (non-hydrogen) atoms. The van der Waals surface area contributed by atoms with Gasteiger partial charge in [-0.3, -0.25) is 4.79 Å². The van der Waals surface area contributed by atoms with Crippen LogP contribution in [0.4, 0.5) is 17.6 Å². The van der Waals surface area contributed by atoms with E-state index in [1.54, 1.807) is 0 Å². The van der Waals surface area contributed by atoms with Crippen molar-refractivity contribution >= 4 is 16.9 Å². The van der Waals surface area contributed by atoms with Crippen molar-refractivity contribution < 1.29 is 27.5 Å². The molecule has 100 valence electrons. The molecule has 0 aliphatic heterocycles. The predicted octanol–water partition coefficient (Wildman–Crippen LogP) is 2.44. The molecule has 0 bridgehead atoms. The number of hydrogen-bond donors (Lipinski definition) is 2. The summed E-state index contributed by atoms with van der Waals surface area (Å²) in [6, 6.07) is 0.391. The molecular formula is C11H5F4NO3. The number of rotatable bonds is 2. The number of aromatic nitrogens is 1. The monoisotopic (exact) mass is 275 g/mol. The van der Waals surface area contributed by atoms with Gasteiger partial charge in [0.1, 0.15) is 5.56 Å². The Balaban J connectivity index is 2.98. The molecule has 0 saturated heterocycles. The van der Waals surface area contributed by atoms with Gasteiger partial charge in [-0.2, -0.15) is 0 Å². The van der Waals surface area contributed by atoms with E-state index in [2.05, 4.69) is 4.98 Å². The van der Waals surface area contributed by atoms with E-state index in [1.807, 2.05) is 0 Å². The summed E-state index contributed by atoms with van der Waals surface area (Å²) in [5.74, 6) is -5.02. The lowest BCUT2D eigenvalue weighted by molar-refractivity contribution is 0.0695. The Hall–Kier alpha value is -2.38. The second-order valence-corrected chi connectivity index (χ2v) is 3.65. The van der Waals surface area contributed by atoms with Crippen molar-refractivity contribution in [3.05, 3.63) is 45.2 Å². The summed E-state index contributed by atoms with van der Waals surface area (Å²) in [6.07, 6.45) is -2.69. The summed E-state index contributed by atoms with van der Waals surface area (Å²) < 4.78 is 51.8. The Morgan fingerprint density at radius 1 is 1.32 bits per heavy atom. The first-order valence-corrected chi connectivity index (χ1v) is 4.89. The van der Waals surface area contributed by atoms with Crippen molar-refractivity contribution in [2.75, 3.05) is 0 Å². The first-order chi connectivity index (χ1) is 8.84. The van der Waals surface area contributed by atoms with E-state index < -0.39 is 51.5 Å². The maximum atomic E-state index is 13.3. The van der Waals surface area contributed by atoms with Gasteiger partial charge in [-0.25, -0.2) is 22.4 Å². The number of aromatic amines is 1. The minimum Gasteiger partial charge on any atom is -0.477 e. The largest absolute Gasteiger partial charge is 0.477 e. The first kappa shape index (κ1) is 13.1. The van der Waals surface area contributed by atoms with Gasteiger partial charge in [-0.15, -0.1) is 0 Å². The summed E-state index contributed by atoms with van der Waals surface area (Å²) in [5, 5.41) is 8.05. The Morgan fingerprint density at radius 2 is 1.95 bits per heavy atom. The van der Waals surface area contributed by atoms with Gasteiger partial charge in [0.15, 0.2) is 11.6 Å². The molecule has 1 aromatic heterocycles. The van der Waals surface area contributed by atoms with Crippen LogP contribution in [0.15, 0.2) is 17.1 Å². The molecule has 2 N–H and O–H groups in total. The van der Waals surface area contributed by atoms with Crippen molar-refractivity contribution in [3.63, 3.8) is 0 Å². The van der Waals surface area contributed by atoms with Crippen LogP contribution in [0.3, 0.4) is 0 Å². The molecule has 0 aliphatic carbocycles. The number of benzene rings is 1. The maximum Gasteiger partial charge on any atom is 0.341 e. The predicted molar refractivity (Wildman–Crippen MR) is 56.4 cm³/mol. The molecule has 0 saturated carbocycles. The lowest BCUT2D eigenvalue weighted by atomic mass is 10.1. The minimum atomic E-state index is -3.36. The molecule has 4 nitrogen and oxygen atoms in total. The van der Waals surface area contributed by atoms with Gasteiger partial charge < -0.3 is 10.1 Å². The van der Waals surface area contributed by atoms with E-state index >= 15 is 0 Å². The molecule has 0 aliphatic rings. The zero-order chi connectivity index (χ0) is 14.3. The molecular weight excluding hydrogens is 270 g/mol. The van der Waals surface area contributed by atoms with Gasteiger partial charge >= 0.3 is 5.97 Å². The van der Waals surface area contributed by atoms with Crippen molar-refractivity contribution in [1.82, 2.24) is 4.98 Å². The lowest BCUT2D eigenvalue weighted by Gasteiger charge is -2.08. The van der Waals surface area contributed by atoms with Gasteiger partial charge in [-0.1, -0.05) is 0 Å². The van der Waals surface area contributed by atoms with Crippen LogP contribution in [0.2, 0.25) is 0 Å². The van der Waals surface area contributed by atoms with E-state index in [4.69, 9.17) is 5.11 Å². The molecule has 8 heteroatoms. The number of aromatic carboxylic acids is 1. The van der Waals surface area contributed by atoms with Crippen LogP contribution >= 0.6 is 0 Å². The molecule has 0 atom stereocenters. The Bertz CT molecular complexity index is 739. The molecule has 2 aromatic rings. The molecule has 0 spiro atoms. The molecule has 0 radical (unpaired) electrons. The zero-order valence-corrected chi connectivity index (χ0v) is 9.01. The average Bonchev–Trinajstić information content (AvgIpc) is 2.31. The minimum absolute atomic E-state index is 0.391. The topological polar surface area (TPSA) is 70.2 Å². The third-order valence-corrected chi connectivity index (χ3v) is 2.55. The summed E-state index contributed by atoms with van der Waals surface area (Å²) in [7, 11) is 0. The van der Waals surface area contributed by atoms with Gasteiger partial charge in [0.05, 0.1) is 11.1 Å². The second kappa shape index (κ2) is 4.38.